The zero-order valence-electron chi connectivity index (χ0n) is 11.7. The van der Waals surface area contributed by atoms with Crippen LogP contribution in [0.2, 0.25) is 0 Å². The molecule has 0 aromatic carbocycles. The predicted molar refractivity (Wildman–Crippen MR) is 71.0 cm³/mol. The smallest absolute Gasteiger partial charge is 0.407 e. The Morgan fingerprint density at radius 1 is 1.42 bits per heavy atom. The van der Waals surface area contributed by atoms with Crippen molar-refractivity contribution in [2.45, 2.75) is 38.6 Å². The van der Waals surface area contributed by atoms with Gasteiger partial charge in [0.2, 0.25) is 0 Å². The monoisotopic (exact) mass is 272 g/mol. The van der Waals surface area contributed by atoms with Gasteiger partial charge in [-0.15, -0.1) is 0 Å². The van der Waals surface area contributed by atoms with E-state index in [-0.39, 0.29) is 12.5 Å². The van der Waals surface area contributed by atoms with Crippen LogP contribution in [0.3, 0.4) is 0 Å². The molecule has 1 heterocycles. The molecule has 6 nitrogen and oxygen atoms in total. The van der Waals surface area contributed by atoms with E-state index >= 15 is 0 Å². The molecule has 0 spiro atoms. The van der Waals surface area contributed by atoms with E-state index in [2.05, 4.69) is 21.9 Å². The normalized spacial score (nSPS) is 23.9. The van der Waals surface area contributed by atoms with Gasteiger partial charge in [-0.05, 0) is 31.7 Å². The van der Waals surface area contributed by atoms with Gasteiger partial charge in [-0.25, -0.2) is 4.79 Å². The lowest BCUT2D eigenvalue weighted by molar-refractivity contribution is -0.137. The number of methoxy groups -OCH3 is 1. The highest BCUT2D eigenvalue weighted by Gasteiger charge is 2.28. The van der Waals surface area contributed by atoms with E-state index in [1.165, 1.54) is 7.11 Å². The van der Waals surface area contributed by atoms with Gasteiger partial charge in [0.25, 0.3) is 0 Å². The Bertz CT molecular complexity index is 309. The molecule has 0 saturated carbocycles. The van der Waals surface area contributed by atoms with Crippen LogP contribution in [0.5, 0.6) is 0 Å². The largest absolute Gasteiger partial charge is 0.481 e. The molecule has 1 aliphatic rings. The third-order valence-corrected chi connectivity index (χ3v) is 3.43. The van der Waals surface area contributed by atoms with Gasteiger partial charge >= 0.3 is 12.1 Å². The van der Waals surface area contributed by atoms with Crippen molar-refractivity contribution in [2.75, 3.05) is 26.7 Å². The number of alkyl carbamates (subject to hydrolysis) is 1. The summed E-state index contributed by atoms with van der Waals surface area (Å²) in [7, 11) is 1.35. The highest BCUT2D eigenvalue weighted by molar-refractivity contribution is 5.67. The molecule has 0 radical (unpaired) electrons. The Morgan fingerprint density at radius 3 is 2.74 bits per heavy atom. The summed E-state index contributed by atoms with van der Waals surface area (Å²) in [5.74, 6) is -0.441. The average Bonchev–Trinajstić information content (AvgIpc) is 2.36. The van der Waals surface area contributed by atoms with E-state index in [9.17, 15) is 9.59 Å². The second-order valence-electron chi connectivity index (χ2n) is 5.13. The maximum absolute atomic E-state index is 11.3. The zero-order valence-corrected chi connectivity index (χ0v) is 11.7. The standard InChI is InChI=1S/C13H24N2O4/c1-3-6-15-8-10(4-5-12(16)17)7-11(9-15)14-13(18)19-2/h10-11H,3-9H2,1-2H3,(H,14,18)(H,16,17). The number of carbonyl (C=O) groups is 2. The number of aliphatic carboxylic acids is 1. The molecule has 2 N–H and O–H groups in total. The summed E-state index contributed by atoms with van der Waals surface area (Å²) in [5.41, 5.74) is 0. The molecule has 1 saturated heterocycles. The topological polar surface area (TPSA) is 78.9 Å². The maximum atomic E-state index is 11.3. The van der Waals surface area contributed by atoms with Crippen LogP contribution in [0, 0.1) is 5.92 Å². The highest BCUT2D eigenvalue weighted by atomic mass is 16.5. The van der Waals surface area contributed by atoms with Crippen LogP contribution in [0.1, 0.15) is 32.6 Å². The van der Waals surface area contributed by atoms with Gasteiger partial charge in [0.05, 0.1) is 7.11 Å². The Labute approximate surface area is 114 Å². The number of nitrogens with zero attached hydrogens (tertiary/aromatic N) is 1. The zero-order chi connectivity index (χ0) is 14.3. The third kappa shape index (κ3) is 5.92. The van der Waals surface area contributed by atoms with Crippen molar-refractivity contribution in [1.82, 2.24) is 10.2 Å². The fraction of sp³-hybridized carbons (Fsp3) is 0.846. The maximum Gasteiger partial charge on any atom is 0.407 e. The lowest BCUT2D eigenvalue weighted by Crippen LogP contribution is -2.51. The number of hydrogen-bond donors (Lipinski definition) is 2. The Hall–Kier alpha value is -1.30. The Morgan fingerprint density at radius 2 is 2.16 bits per heavy atom. The van der Waals surface area contributed by atoms with Crippen LogP contribution in [-0.2, 0) is 9.53 Å². The Balaban J connectivity index is 2.51. The fourth-order valence-corrected chi connectivity index (χ4v) is 2.67. The molecule has 6 heteroatoms. The number of likely N-dealkylation sites (tertiary alicyclic amines) is 1. The van der Waals surface area contributed by atoms with Gasteiger partial charge in [0, 0.05) is 25.6 Å². The van der Waals surface area contributed by atoms with Crippen molar-refractivity contribution >= 4 is 12.1 Å². The van der Waals surface area contributed by atoms with E-state index < -0.39 is 12.1 Å². The summed E-state index contributed by atoms with van der Waals surface area (Å²) in [6.45, 7) is 4.82. The molecule has 1 aliphatic heterocycles. The van der Waals surface area contributed by atoms with Gasteiger partial charge in [-0.2, -0.15) is 0 Å². The number of amides is 1. The SMILES string of the molecule is CCCN1CC(CCC(=O)O)CC(NC(=O)OC)C1. The number of carboxylic acids is 1. The van der Waals surface area contributed by atoms with Crippen LogP contribution >= 0.6 is 0 Å². The first-order valence-electron chi connectivity index (χ1n) is 6.83. The second-order valence-corrected chi connectivity index (χ2v) is 5.13. The molecule has 0 bridgehead atoms. The third-order valence-electron chi connectivity index (χ3n) is 3.43. The molecule has 0 aromatic heterocycles. The minimum Gasteiger partial charge on any atom is -0.481 e. The predicted octanol–water partition coefficient (Wildman–Crippen LogP) is 1.31. The first-order valence-corrected chi connectivity index (χ1v) is 6.83. The van der Waals surface area contributed by atoms with E-state index in [0.29, 0.717) is 12.3 Å². The van der Waals surface area contributed by atoms with Crippen molar-refractivity contribution < 1.29 is 19.4 Å². The second kappa shape index (κ2) is 7.99. The molecule has 1 amide bonds. The molecule has 1 fully saturated rings. The quantitative estimate of drug-likeness (QED) is 0.762. The average molecular weight is 272 g/mol. The number of hydrogen-bond acceptors (Lipinski definition) is 4. The summed E-state index contributed by atoms with van der Waals surface area (Å²) in [4.78, 5) is 24.2. The van der Waals surface area contributed by atoms with Crippen LogP contribution in [-0.4, -0.2) is 54.9 Å². The highest BCUT2D eigenvalue weighted by Crippen LogP contribution is 2.21. The summed E-state index contributed by atoms with van der Waals surface area (Å²) < 4.78 is 4.62. The first-order chi connectivity index (χ1) is 9.05. The van der Waals surface area contributed by atoms with E-state index in [1.807, 2.05) is 0 Å². The Kier molecular flexibility index (Phi) is 6.62. The van der Waals surface area contributed by atoms with Gasteiger partial charge in [-0.1, -0.05) is 6.92 Å². The summed E-state index contributed by atoms with van der Waals surface area (Å²) in [6, 6.07) is 0.0477. The van der Waals surface area contributed by atoms with Crippen molar-refractivity contribution in [3.8, 4) is 0 Å². The van der Waals surface area contributed by atoms with Gasteiger partial charge in [0.15, 0.2) is 0 Å². The first kappa shape index (κ1) is 15.8. The van der Waals surface area contributed by atoms with Crippen molar-refractivity contribution in [1.29, 1.82) is 0 Å². The van der Waals surface area contributed by atoms with Crippen LogP contribution < -0.4 is 5.32 Å². The van der Waals surface area contributed by atoms with Crippen LogP contribution in [0.25, 0.3) is 0 Å². The lowest BCUT2D eigenvalue weighted by Gasteiger charge is -2.37. The molecule has 110 valence electrons. The number of rotatable bonds is 6. The number of nitrogens with one attached hydrogen (secondary N) is 1. The number of ether oxygens (including phenoxy) is 1. The van der Waals surface area contributed by atoms with Gasteiger partial charge in [0.1, 0.15) is 0 Å². The van der Waals surface area contributed by atoms with E-state index in [1.54, 1.807) is 0 Å². The molecular formula is C13H24N2O4. The number of piperidine rings is 1. The van der Waals surface area contributed by atoms with Crippen LogP contribution in [0.15, 0.2) is 0 Å². The van der Waals surface area contributed by atoms with E-state index in [0.717, 1.165) is 32.5 Å². The summed E-state index contributed by atoms with van der Waals surface area (Å²) >= 11 is 0. The minimum atomic E-state index is -0.759. The van der Waals surface area contributed by atoms with Crippen molar-refractivity contribution in [3.05, 3.63) is 0 Å². The molecule has 0 aliphatic carbocycles. The van der Waals surface area contributed by atoms with Crippen LogP contribution in [0.4, 0.5) is 4.79 Å². The molecular weight excluding hydrogens is 248 g/mol. The summed E-state index contributed by atoms with van der Waals surface area (Å²) in [6.07, 6.45) is 2.31. The van der Waals surface area contributed by atoms with Crippen molar-refractivity contribution in [2.24, 2.45) is 5.92 Å². The molecule has 2 atom stereocenters. The van der Waals surface area contributed by atoms with E-state index in [4.69, 9.17) is 5.11 Å². The summed E-state index contributed by atoms with van der Waals surface area (Å²) in [5, 5.41) is 11.6. The molecule has 19 heavy (non-hydrogen) atoms. The number of carbonyl (C=O) groups excluding carboxylic acids is 1. The molecule has 2 unspecified atom stereocenters. The van der Waals surface area contributed by atoms with Gasteiger partial charge < -0.3 is 20.1 Å². The number of carboxylic acid groups (broad SMARTS) is 1. The fourth-order valence-electron chi connectivity index (χ4n) is 2.67. The molecule has 0 aromatic rings. The lowest BCUT2D eigenvalue weighted by atomic mass is 9.90. The van der Waals surface area contributed by atoms with Crippen molar-refractivity contribution in [3.63, 3.8) is 0 Å². The minimum absolute atomic E-state index is 0.0477. The van der Waals surface area contributed by atoms with Gasteiger partial charge in [-0.3, -0.25) is 4.79 Å². The molecule has 1 rings (SSSR count).